The van der Waals surface area contributed by atoms with E-state index in [0.29, 0.717) is 21.8 Å². The van der Waals surface area contributed by atoms with Gasteiger partial charge < -0.3 is 4.40 Å². The molecule has 3 heterocycles. The zero-order chi connectivity index (χ0) is 20.1. The van der Waals surface area contributed by atoms with E-state index >= 15 is 0 Å². The number of amides is 2. The lowest BCUT2D eigenvalue weighted by Crippen LogP contribution is -2.30. The van der Waals surface area contributed by atoms with Crippen LogP contribution in [0.25, 0.3) is 5.52 Å². The van der Waals surface area contributed by atoms with E-state index in [-0.39, 0.29) is 22.6 Å². The van der Waals surface area contributed by atoms with Gasteiger partial charge in [-0.1, -0.05) is 35.9 Å². The van der Waals surface area contributed by atoms with Crippen molar-refractivity contribution in [1.82, 2.24) is 4.40 Å². The minimum absolute atomic E-state index is 0.130. The number of nitrogens with zero attached hydrogens (tertiary/aromatic N) is 2. The third-order valence-corrected chi connectivity index (χ3v) is 5.27. The highest BCUT2D eigenvalue weighted by atomic mass is 35.5. The van der Waals surface area contributed by atoms with Gasteiger partial charge in [0.25, 0.3) is 11.8 Å². The molecular formula is C23H13ClN2O3. The molecule has 0 saturated carbocycles. The first-order valence-electron chi connectivity index (χ1n) is 8.95. The maximum absolute atomic E-state index is 13.3. The molecule has 5 rings (SSSR count). The van der Waals surface area contributed by atoms with Gasteiger partial charge >= 0.3 is 0 Å². The average molecular weight is 401 g/mol. The third kappa shape index (κ3) is 2.52. The van der Waals surface area contributed by atoms with Crippen molar-refractivity contribution >= 4 is 40.4 Å². The van der Waals surface area contributed by atoms with Crippen LogP contribution in [0.1, 0.15) is 36.8 Å². The molecule has 140 valence electrons. The fraction of sp³-hybridized carbons (Fsp3) is 0. The number of halogens is 1. The summed E-state index contributed by atoms with van der Waals surface area (Å²) in [6, 6.07) is 20.4. The van der Waals surface area contributed by atoms with Gasteiger partial charge in [0, 0.05) is 16.8 Å². The van der Waals surface area contributed by atoms with Crippen LogP contribution in [0.4, 0.5) is 5.69 Å². The fourth-order valence-electron chi connectivity index (χ4n) is 3.72. The monoisotopic (exact) mass is 400 g/mol. The number of para-hydroxylation sites is 1. The number of benzene rings is 2. The van der Waals surface area contributed by atoms with Crippen LogP contribution < -0.4 is 4.90 Å². The van der Waals surface area contributed by atoms with E-state index in [1.165, 1.54) is 0 Å². The molecule has 1 aliphatic heterocycles. The summed E-state index contributed by atoms with van der Waals surface area (Å²) in [6.45, 7) is 0. The highest BCUT2D eigenvalue weighted by molar-refractivity contribution is 6.39. The van der Waals surface area contributed by atoms with Crippen LogP contribution in [0.15, 0.2) is 79.0 Å². The second kappa shape index (κ2) is 6.43. The number of pyridine rings is 1. The van der Waals surface area contributed by atoms with Gasteiger partial charge in [0.1, 0.15) is 5.69 Å². The van der Waals surface area contributed by atoms with E-state index < -0.39 is 11.8 Å². The van der Waals surface area contributed by atoms with Crippen molar-refractivity contribution in [2.75, 3.05) is 4.90 Å². The summed E-state index contributed by atoms with van der Waals surface area (Å²) in [5.41, 5.74) is 1.93. The van der Waals surface area contributed by atoms with Crippen LogP contribution in [0.3, 0.4) is 0 Å². The molecule has 6 heteroatoms. The van der Waals surface area contributed by atoms with E-state index in [1.54, 1.807) is 77.3 Å². The number of anilines is 1. The number of aromatic nitrogens is 1. The quantitative estimate of drug-likeness (QED) is 0.372. The molecule has 0 spiro atoms. The lowest BCUT2D eigenvalue weighted by atomic mass is 10.0. The van der Waals surface area contributed by atoms with Gasteiger partial charge in [-0.2, -0.15) is 0 Å². The molecule has 1 aliphatic rings. The molecule has 0 aliphatic carbocycles. The molecule has 0 atom stereocenters. The Labute approximate surface area is 170 Å². The largest absolute Gasteiger partial charge is 0.312 e. The molecule has 29 heavy (non-hydrogen) atoms. The highest BCUT2D eigenvalue weighted by Gasteiger charge is 2.43. The topological polar surface area (TPSA) is 58.9 Å². The van der Waals surface area contributed by atoms with Crippen LogP contribution in [-0.4, -0.2) is 22.0 Å². The van der Waals surface area contributed by atoms with Crippen molar-refractivity contribution in [3.8, 4) is 0 Å². The van der Waals surface area contributed by atoms with Gasteiger partial charge in [0.2, 0.25) is 5.78 Å². The zero-order valence-corrected chi connectivity index (χ0v) is 15.8. The summed E-state index contributed by atoms with van der Waals surface area (Å²) >= 11 is 5.94. The lowest BCUT2D eigenvalue weighted by Gasteiger charge is -2.15. The molecule has 0 unspecified atom stereocenters. The molecule has 0 radical (unpaired) electrons. The summed E-state index contributed by atoms with van der Waals surface area (Å²) in [7, 11) is 0. The molecule has 0 fully saturated rings. The molecule has 2 aromatic carbocycles. The normalized spacial score (nSPS) is 13.2. The molecule has 2 amide bonds. The standard InChI is InChI=1S/C23H13ClN2O3/c24-15-11-9-14(10-12-15)21(27)20-19-18(17-8-4-5-13-25(17)20)22(28)26(23(19)29)16-6-2-1-3-7-16/h1-13H. The number of carbonyl (C=O) groups excluding carboxylic acids is 3. The fourth-order valence-corrected chi connectivity index (χ4v) is 3.85. The number of ketones is 1. The summed E-state index contributed by atoms with van der Waals surface area (Å²) in [5.74, 6) is -1.28. The Morgan fingerprint density at radius 2 is 1.41 bits per heavy atom. The van der Waals surface area contributed by atoms with Crippen molar-refractivity contribution in [2.24, 2.45) is 0 Å². The summed E-state index contributed by atoms with van der Waals surface area (Å²) in [5, 5.41) is 0.508. The highest BCUT2D eigenvalue weighted by Crippen LogP contribution is 2.36. The van der Waals surface area contributed by atoms with E-state index in [9.17, 15) is 14.4 Å². The molecule has 4 aromatic rings. The predicted molar refractivity (Wildman–Crippen MR) is 110 cm³/mol. The Balaban J connectivity index is 1.75. The first-order chi connectivity index (χ1) is 14.1. The third-order valence-electron chi connectivity index (χ3n) is 5.01. The van der Waals surface area contributed by atoms with Crippen molar-refractivity contribution in [2.45, 2.75) is 0 Å². The summed E-state index contributed by atoms with van der Waals surface area (Å²) in [6.07, 6.45) is 1.68. The Kier molecular flexibility index (Phi) is 3.86. The zero-order valence-electron chi connectivity index (χ0n) is 15.0. The Morgan fingerprint density at radius 3 is 2.14 bits per heavy atom. The van der Waals surface area contributed by atoms with Crippen LogP contribution >= 0.6 is 11.6 Å². The minimum atomic E-state index is -0.503. The Bertz CT molecular complexity index is 1310. The van der Waals surface area contributed by atoms with Crippen LogP contribution in [0.2, 0.25) is 5.02 Å². The van der Waals surface area contributed by atoms with E-state index in [0.717, 1.165) is 4.90 Å². The molecule has 0 bridgehead atoms. The first kappa shape index (κ1) is 17.4. The van der Waals surface area contributed by atoms with E-state index in [4.69, 9.17) is 11.6 Å². The summed E-state index contributed by atoms with van der Waals surface area (Å²) < 4.78 is 1.61. The maximum atomic E-state index is 13.3. The number of fused-ring (bicyclic) bond motifs is 3. The van der Waals surface area contributed by atoms with Crippen LogP contribution in [-0.2, 0) is 0 Å². The maximum Gasteiger partial charge on any atom is 0.268 e. The number of imide groups is 1. The Morgan fingerprint density at radius 1 is 0.759 bits per heavy atom. The first-order valence-corrected chi connectivity index (χ1v) is 9.33. The van der Waals surface area contributed by atoms with Gasteiger partial charge in [-0.25, -0.2) is 4.90 Å². The average Bonchev–Trinajstić information content (AvgIpc) is 3.22. The SMILES string of the molecule is O=C(c1ccc(Cl)cc1)c1c2c(c3ccccn13)C(=O)N(c1ccccc1)C2=O. The van der Waals surface area contributed by atoms with Crippen molar-refractivity contribution < 1.29 is 14.4 Å². The second-order valence-corrected chi connectivity index (χ2v) is 7.11. The summed E-state index contributed by atoms with van der Waals surface area (Å²) in [4.78, 5) is 41.0. The predicted octanol–water partition coefficient (Wildman–Crippen LogP) is 4.62. The molecule has 5 nitrogen and oxygen atoms in total. The van der Waals surface area contributed by atoms with Gasteiger partial charge in [0.15, 0.2) is 0 Å². The number of rotatable bonds is 3. The van der Waals surface area contributed by atoms with Gasteiger partial charge in [-0.3, -0.25) is 14.4 Å². The smallest absolute Gasteiger partial charge is 0.268 e. The molecule has 0 saturated heterocycles. The number of hydrogen-bond donors (Lipinski definition) is 0. The number of carbonyl (C=O) groups is 3. The molecule has 2 aromatic heterocycles. The molecular weight excluding hydrogens is 388 g/mol. The minimum Gasteiger partial charge on any atom is -0.312 e. The van der Waals surface area contributed by atoms with Crippen molar-refractivity contribution in [1.29, 1.82) is 0 Å². The van der Waals surface area contributed by atoms with Crippen molar-refractivity contribution in [3.63, 3.8) is 0 Å². The Hall–Kier alpha value is -3.70. The van der Waals surface area contributed by atoms with E-state index in [1.807, 2.05) is 6.07 Å². The van der Waals surface area contributed by atoms with Gasteiger partial charge in [-0.05, 0) is 48.5 Å². The van der Waals surface area contributed by atoms with Crippen LogP contribution in [0.5, 0.6) is 0 Å². The van der Waals surface area contributed by atoms with Gasteiger partial charge in [0.05, 0.1) is 22.3 Å². The van der Waals surface area contributed by atoms with Gasteiger partial charge in [-0.15, -0.1) is 0 Å². The van der Waals surface area contributed by atoms with Crippen molar-refractivity contribution in [3.05, 3.63) is 106 Å². The van der Waals surface area contributed by atoms with E-state index in [2.05, 4.69) is 0 Å². The number of hydrogen-bond acceptors (Lipinski definition) is 3. The molecule has 0 N–H and O–H groups in total. The van der Waals surface area contributed by atoms with Crippen LogP contribution in [0, 0.1) is 0 Å². The second-order valence-electron chi connectivity index (χ2n) is 6.67. The lowest BCUT2D eigenvalue weighted by molar-refractivity contribution is 0.0919.